The molecule has 2 unspecified atom stereocenters. The first-order valence-corrected chi connectivity index (χ1v) is 12.2. The molecule has 1 fully saturated rings. The lowest BCUT2D eigenvalue weighted by molar-refractivity contribution is -0.119. The van der Waals surface area contributed by atoms with E-state index in [-0.39, 0.29) is 35.1 Å². The van der Waals surface area contributed by atoms with Gasteiger partial charge in [0.1, 0.15) is 5.82 Å². The summed E-state index contributed by atoms with van der Waals surface area (Å²) in [5.74, 6) is 0.772. The first-order valence-electron chi connectivity index (χ1n) is 8.63. The minimum Gasteiger partial charge on any atom is -0.349 e. The van der Waals surface area contributed by atoms with E-state index in [0.29, 0.717) is 27.4 Å². The standard InChI is InChI=1S/C17H20Cl2N4O3S2/c1-10(13-4-3-12(18)7-14(13)19)20-15(24)8-27-17-22-21-16(23(17)2)11-5-6-28(25,26)9-11/h3-4,7,10-11H,5-6,8-9H2,1-2H3,(H,20,24). The van der Waals surface area contributed by atoms with Crippen LogP contribution in [0.5, 0.6) is 0 Å². The Kier molecular flexibility index (Phi) is 6.58. The van der Waals surface area contributed by atoms with Crippen molar-refractivity contribution >= 4 is 50.7 Å². The van der Waals surface area contributed by atoms with Crippen molar-refractivity contribution in [2.45, 2.75) is 30.5 Å². The number of carbonyl (C=O) groups is 1. The van der Waals surface area contributed by atoms with Crippen LogP contribution in [0.15, 0.2) is 23.4 Å². The Hall–Kier alpha value is -1.29. The number of hydrogen-bond acceptors (Lipinski definition) is 6. The fourth-order valence-electron chi connectivity index (χ4n) is 3.15. The second-order valence-corrected chi connectivity index (χ2v) is 10.8. The molecule has 11 heteroatoms. The van der Waals surface area contributed by atoms with E-state index in [1.807, 2.05) is 6.92 Å². The number of benzene rings is 1. The highest BCUT2D eigenvalue weighted by Crippen LogP contribution is 2.29. The summed E-state index contributed by atoms with van der Waals surface area (Å²) in [4.78, 5) is 12.3. The van der Waals surface area contributed by atoms with Gasteiger partial charge in [0, 0.05) is 23.0 Å². The second kappa shape index (κ2) is 8.61. The predicted molar refractivity (Wildman–Crippen MR) is 111 cm³/mol. The maximum absolute atomic E-state index is 12.3. The van der Waals surface area contributed by atoms with Crippen LogP contribution in [0.3, 0.4) is 0 Å². The number of nitrogens with zero attached hydrogens (tertiary/aromatic N) is 3. The number of rotatable bonds is 6. The van der Waals surface area contributed by atoms with Gasteiger partial charge in [-0.1, -0.05) is 41.0 Å². The molecule has 1 aromatic heterocycles. The summed E-state index contributed by atoms with van der Waals surface area (Å²) in [6.45, 7) is 1.85. The largest absolute Gasteiger partial charge is 0.349 e. The smallest absolute Gasteiger partial charge is 0.230 e. The topological polar surface area (TPSA) is 94.0 Å². The number of nitrogens with one attached hydrogen (secondary N) is 1. The molecule has 1 N–H and O–H groups in total. The molecular formula is C17H20Cl2N4O3S2. The van der Waals surface area contributed by atoms with Crippen LogP contribution in [-0.4, -0.2) is 46.3 Å². The van der Waals surface area contributed by atoms with Gasteiger partial charge < -0.3 is 9.88 Å². The van der Waals surface area contributed by atoms with E-state index in [4.69, 9.17) is 23.2 Å². The third kappa shape index (κ3) is 5.00. The van der Waals surface area contributed by atoms with E-state index in [1.54, 1.807) is 29.8 Å². The highest BCUT2D eigenvalue weighted by molar-refractivity contribution is 7.99. The summed E-state index contributed by atoms with van der Waals surface area (Å²) in [6.07, 6.45) is 0.554. The third-order valence-corrected chi connectivity index (χ3v) is 7.96. The number of amides is 1. The van der Waals surface area contributed by atoms with Crippen LogP contribution in [-0.2, 0) is 21.7 Å². The van der Waals surface area contributed by atoms with E-state index in [1.165, 1.54) is 11.8 Å². The number of sulfone groups is 1. The van der Waals surface area contributed by atoms with Gasteiger partial charge in [0.15, 0.2) is 15.0 Å². The summed E-state index contributed by atoms with van der Waals surface area (Å²) < 4.78 is 25.1. The summed E-state index contributed by atoms with van der Waals surface area (Å²) >= 11 is 13.3. The van der Waals surface area contributed by atoms with E-state index in [9.17, 15) is 13.2 Å². The van der Waals surface area contributed by atoms with E-state index in [2.05, 4.69) is 15.5 Å². The lowest BCUT2D eigenvalue weighted by Crippen LogP contribution is -2.28. The van der Waals surface area contributed by atoms with Crippen molar-refractivity contribution in [3.05, 3.63) is 39.6 Å². The second-order valence-electron chi connectivity index (χ2n) is 6.74. The SMILES string of the molecule is CC(NC(=O)CSc1nnc(C2CCS(=O)(=O)C2)n1C)c1ccc(Cl)cc1Cl. The van der Waals surface area contributed by atoms with Gasteiger partial charge in [-0.3, -0.25) is 4.79 Å². The molecule has 0 radical (unpaired) electrons. The monoisotopic (exact) mass is 462 g/mol. The quantitative estimate of drug-likeness (QED) is 0.662. The number of carbonyl (C=O) groups excluding carboxylic acids is 1. The molecule has 1 aromatic carbocycles. The lowest BCUT2D eigenvalue weighted by Gasteiger charge is -2.16. The maximum atomic E-state index is 12.3. The summed E-state index contributed by atoms with van der Waals surface area (Å²) in [5, 5.41) is 12.7. The van der Waals surface area contributed by atoms with Gasteiger partial charge in [0.2, 0.25) is 5.91 Å². The van der Waals surface area contributed by atoms with Crippen LogP contribution in [0.4, 0.5) is 0 Å². The zero-order chi connectivity index (χ0) is 20.5. The van der Waals surface area contributed by atoms with Crippen molar-refractivity contribution in [2.75, 3.05) is 17.3 Å². The maximum Gasteiger partial charge on any atom is 0.230 e. The summed E-state index contributed by atoms with van der Waals surface area (Å²) in [7, 11) is -1.21. The molecule has 2 atom stereocenters. The Morgan fingerprint density at radius 2 is 2.14 bits per heavy atom. The number of thioether (sulfide) groups is 1. The first-order chi connectivity index (χ1) is 13.2. The molecule has 1 aliphatic heterocycles. The Labute approximate surface area is 178 Å². The summed E-state index contributed by atoms with van der Waals surface area (Å²) in [6, 6.07) is 4.88. The van der Waals surface area contributed by atoms with Crippen LogP contribution in [0.25, 0.3) is 0 Å². The molecule has 1 saturated heterocycles. The average molecular weight is 463 g/mol. The van der Waals surface area contributed by atoms with Crippen LogP contribution < -0.4 is 5.32 Å². The number of hydrogen-bond donors (Lipinski definition) is 1. The highest BCUT2D eigenvalue weighted by Gasteiger charge is 2.32. The van der Waals surface area contributed by atoms with Gasteiger partial charge >= 0.3 is 0 Å². The van der Waals surface area contributed by atoms with E-state index in [0.717, 1.165) is 5.56 Å². The highest BCUT2D eigenvalue weighted by atomic mass is 35.5. The molecule has 28 heavy (non-hydrogen) atoms. The first kappa shape index (κ1) is 21.4. The van der Waals surface area contributed by atoms with E-state index < -0.39 is 9.84 Å². The Morgan fingerprint density at radius 3 is 2.79 bits per heavy atom. The molecule has 1 aliphatic rings. The normalized spacial score (nSPS) is 19.5. The average Bonchev–Trinajstić information content (AvgIpc) is 3.14. The zero-order valence-electron chi connectivity index (χ0n) is 15.4. The van der Waals surface area contributed by atoms with E-state index >= 15 is 0 Å². The fourth-order valence-corrected chi connectivity index (χ4v) is 6.19. The minimum atomic E-state index is -2.99. The predicted octanol–water partition coefficient (Wildman–Crippen LogP) is 2.99. The van der Waals surface area contributed by atoms with Gasteiger partial charge in [-0.15, -0.1) is 10.2 Å². The van der Waals surface area contributed by atoms with Crippen molar-refractivity contribution in [3.63, 3.8) is 0 Å². The lowest BCUT2D eigenvalue weighted by atomic mass is 10.1. The van der Waals surface area contributed by atoms with Crippen molar-refractivity contribution in [2.24, 2.45) is 7.05 Å². The molecule has 0 saturated carbocycles. The molecule has 1 amide bonds. The van der Waals surface area contributed by atoms with Gasteiger partial charge in [-0.05, 0) is 31.0 Å². The molecule has 0 bridgehead atoms. The van der Waals surface area contributed by atoms with Crippen LogP contribution in [0, 0.1) is 0 Å². The summed E-state index contributed by atoms with van der Waals surface area (Å²) in [5.41, 5.74) is 0.785. The van der Waals surface area contributed by atoms with Gasteiger partial charge in [-0.25, -0.2) is 8.42 Å². The van der Waals surface area contributed by atoms with Crippen LogP contribution >= 0.6 is 35.0 Å². The third-order valence-electron chi connectivity index (χ3n) is 4.61. The minimum absolute atomic E-state index is 0.101. The molecule has 152 valence electrons. The Bertz CT molecular complexity index is 994. The Morgan fingerprint density at radius 1 is 1.39 bits per heavy atom. The number of aromatic nitrogens is 3. The molecule has 0 spiro atoms. The van der Waals surface area contributed by atoms with Crippen molar-refractivity contribution < 1.29 is 13.2 Å². The van der Waals surface area contributed by atoms with Crippen molar-refractivity contribution in [3.8, 4) is 0 Å². The molecule has 2 heterocycles. The van der Waals surface area contributed by atoms with Gasteiger partial charge in [0.25, 0.3) is 0 Å². The van der Waals surface area contributed by atoms with Gasteiger partial charge in [-0.2, -0.15) is 0 Å². The number of halogens is 2. The molecule has 7 nitrogen and oxygen atoms in total. The Balaban J connectivity index is 1.58. The van der Waals surface area contributed by atoms with Crippen LogP contribution in [0.1, 0.15) is 36.7 Å². The van der Waals surface area contributed by atoms with Crippen molar-refractivity contribution in [1.82, 2.24) is 20.1 Å². The van der Waals surface area contributed by atoms with Crippen LogP contribution in [0.2, 0.25) is 10.0 Å². The van der Waals surface area contributed by atoms with Crippen molar-refractivity contribution in [1.29, 1.82) is 0 Å². The molecular weight excluding hydrogens is 443 g/mol. The molecule has 0 aliphatic carbocycles. The molecule has 2 aromatic rings. The van der Waals surface area contributed by atoms with Gasteiger partial charge in [0.05, 0.1) is 23.3 Å². The fraction of sp³-hybridized carbons (Fsp3) is 0.471. The molecule has 3 rings (SSSR count). The zero-order valence-corrected chi connectivity index (χ0v) is 18.5.